The van der Waals surface area contributed by atoms with Gasteiger partial charge in [0.2, 0.25) is 5.78 Å². The van der Waals surface area contributed by atoms with Crippen LogP contribution in [0.1, 0.15) is 79.5 Å². The first kappa shape index (κ1) is 30.0. The van der Waals surface area contributed by atoms with Crippen LogP contribution in [0.4, 0.5) is 0 Å². The van der Waals surface area contributed by atoms with Gasteiger partial charge in [-0.3, -0.25) is 9.59 Å². The maximum absolute atomic E-state index is 13.7. The first-order chi connectivity index (χ1) is 20.1. The van der Waals surface area contributed by atoms with Crippen molar-refractivity contribution < 1.29 is 24.2 Å². The fourth-order valence-electron chi connectivity index (χ4n) is 9.57. The number of esters is 1. The Kier molecular flexibility index (Phi) is 6.98. The third-order valence-electron chi connectivity index (χ3n) is 11.2. The van der Waals surface area contributed by atoms with Crippen molar-refractivity contribution in [3.8, 4) is 5.69 Å². The molecule has 1 heterocycles. The molecule has 230 valence electrons. The number of allylic oxidation sites excluding steroid dienone is 3. The number of ketones is 1. The third kappa shape index (κ3) is 4.49. The molecule has 1 aromatic carbocycles. The van der Waals surface area contributed by atoms with Crippen molar-refractivity contribution >= 4 is 17.8 Å². The van der Waals surface area contributed by atoms with Gasteiger partial charge in [0.15, 0.2) is 6.61 Å². The molecule has 0 aliphatic heterocycles. The Bertz CT molecular complexity index is 1520. The van der Waals surface area contributed by atoms with Crippen molar-refractivity contribution in [3.05, 3.63) is 65.0 Å². The van der Waals surface area contributed by atoms with E-state index in [0.29, 0.717) is 6.42 Å². The first-order valence-corrected chi connectivity index (χ1v) is 15.7. The molecule has 0 bridgehead atoms. The van der Waals surface area contributed by atoms with E-state index in [2.05, 4.69) is 65.8 Å². The van der Waals surface area contributed by atoms with Crippen LogP contribution in [0.15, 0.2) is 53.8 Å². The van der Waals surface area contributed by atoms with E-state index in [-0.39, 0.29) is 35.2 Å². The van der Waals surface area contributed by atoms with Crippen LogP contribution < -0.4 is 0 Å². The number of ether oxygens (including phenoxy) is 2. The maximum atomic E-state index is 13.7. The molecule has 43 heavy (non-hydrogen) atoms. The number of carbonyl (C=O) groups is 2. The number of Topliss-reactive ketones (excluding diaryl/α,β-unsaturated/α-hetero) is 1. The molecule has 1 N–H and O–H groups in total. The lowest BCUT2D eigenvalue weighted by atomic mass is 9.46. The van der Waals surface area contributed by atoms with Crippen molar-refractivity contribution in [1.82, 2.24) is 9.78 Å². The Morgan fingerprint density at radius 2 is 1.86 bits per heavy atom. The van der Waals surface area contributed by atoms with Gasteiger partial charge < -0.3 is 14.6 Å². The Morgan fingerprint density at radius 3 is 2.51 bits per heavy atom. The summed E-state index contributed by atoms with van der Waals surface area (Å²) in [5.74, 6) is -0.886. The van der Waals surface area contributed by atoms with Crippen molar-refractivity contribution in [2.24, 2.45) is 34.5 Å². The molecule has 8 atom stereocenters. The summed E-state index contributed by atoms with van der Waals surface area (Å²) in [6, 6.07) is 10.3. The van der Waals surface area contributed by atoms with Crippen LogP contribution in [-0.4, -0.2) is 50.6 Å². The quantitative estimate of drug-likeness (QED) is 0.425. The number of hydrogen-bond donors (Lipinski definition) is 1. The summed E-state index contributed by atoms with van der Waals surface area (Å²) in [5, 5.41) is 17.2. The van der Waals surface area contributed by atoms with Crippen molar-refractivity contribution in [2.75, 3.05) is 6.61 Å². The topological polar surface area (TPSA) is 90.7 Å². The van der Waals surface area contributed by atoms with E-state index < -0.39 is 35.0 Å². The first-order valence-electron chi connectivity index (χ1n) is 15.7. The van der Waals surface area contributed by atoms with E-state index >= 15 is 0 Å². The molecule has 7 heteroatoms. The van der Waals surface area contributed by atoms with Gasteiger partial charge in [-0.2, -0.15) is 5.10 Å². The lowest BCUT2D eigenvalue weighted by Gasteiger charge is -2.61. The van der Waals surface area contributed by atoms with Crippen molar-refractivity contribution in [3.63, 3.8) is 0 Å². The zero-order valence-electron chi connectivity index (χ0n) is 26.8. The van der Waals surface area contributed by atoms with E-state index in [1.165, 1.54) is 23.6 Å². The molecular weight excluding hydrogens is 540 g/mol. The van der Waals surface area contributed by atoms with Crippen LogP contribution in [-0.2, 0) is 25.5 Å². The predicted octanol–water partition coefficient (Wildman–Crippen LogP) is 6.12. The molecule has 0 spiro atoms. The minimum atomic E-state index is -1.62. The van der Waals surface area contributed by atoms with Crippen LogP contribution in [0.5, 0.6) is 0 Å². The molecule has 2 fully saturated rings. The summed E-state index contributed by atoms with van der Waals surface area (Å²) < 4.78 is 14.1. The molecule has 8 unspecified atom stereocenters. The Hall–Kier alpha value is -3.03. The number of carbonyl (C=O) groups excluding carboxylic acids is 2. The number of para-hydroxylation sites is 1. The van der Waals surface area contributed by atoms with Crippen LogP contribution >= 0.6 is 0 Å². The van der Waals surface area contributed by atoms with Gasteiger partial charge in [0.05, 0.1) is 29.3 Å². The van der Waals surface area contributed by atoms with Crippen LogP contribution in [0.3, 0.4) is 0 Å². The summed E-state index contributed by atoms with van der Waals surface area (Å²) in [4.78, 5) is 25.3. The smallest absolute Gasteiger partial charge is 0.303 e. The number of nitrogens with zero attached hydrogens (tertiary/aromatic N) is 2. The number of hydrogen-bond acceptors (Lipinski definition) is 6. The highest BCUT2D eigenvalue weighted by Crippen LogP contribution is 2.69. The van der Waals surface area contributed by atoms with E-state index in [0.717, 1.165) is 24.2 Å². The molecule has 6 rings (SSSR count). The third-order valence-corrected chi connectivity index (χ3v) is 11.2. The van der Waals surface area contributed by atoms with Gasteiger partial charge in [-0.05, 0) is 94.1 Å². The lowest BCUT2D eigenvalue weighted by molar-refractivity contribution is -0.203. The number of aromatic nitrogens is 2. The zero-order chi connectivity index (χ0) is 31.1. The minimum absolute atomic E-state index is 0.0698. The summed E-state index contributed by atoms with van der Waals surface area (Å²) in [7, 11) is 0. The highest BCUT2D eigenvalue weighted by atomic mass is 16.5. The summed E-state index contributed by atoms with van der Waals surface area (Å²) >= 11 is 0. The summed E-state index contributed by atoms with van der Waals surface area (Å²) in [5.41, 5.74) is 2.94. The molecule has 4 aliphatic rings. The van der Waals surface area contributed by atoms with Gasteiger partial charge in [0.1, 0.15) is 5.60 Å². The highest BCUT2D eigenvalue weighted by Gasteiger charge is 2.71. The Morgan fingerprint density at radius 1 is 1.16 bits per heavy atom. The highest BCUT2D eigenvalue weighted by molar-refractivity contribution is 5.91. The van der Waals surface area contributed by atoms with Gasteiger partial charge in [-0.25, -0.2) is 4.68 Å². The lowest BCUT2D eigenvalue weighted by Crippen LogP contribution is -2.63. The fraction of sp³-hybridized carbons (Fsp3) is 0.583. The predicted molar refractivity (Wildman–Crippen MR) is 165 cm³/mol. The molecule has 2 aromatic rings. The molecule has 0 amide bonds. The molecule has 4 aliphatic carbocycles. The summed E-state index contributed by atoms with van der Waals surface area (Å²) in [6.45, 7) is 15.8. The minimum Gasteiger partial charge on any atom is -0.458 e. The number of rotatable bonds is 5. The normalized spacial score (nSPS) is 36.4. The van der Waals surface area contributed by atoms with Gasteiger partial charge >= 0.3 is 5.97 Å². The second kappa shape index (κ2) is 10.00. The molecular formula is C36H46N2O5. The average molecular weight is 587 g/mol. The van der Waals surface area contributed by atoms with E-state index in [4.69, 9.17) is 14.6 Å². The maximum Gasteiger partial charge on any atom is 0.303 e. The number of benzene rings is 1. The molecule has 7 nitrogen and oxygen atoms in total. The molecule has 0 saturated heterocycles. The van der Waals surface area contributed by atoms with Gasteiger partial charge in [-0.1, -0.05) is 50.6 Å². The van der Waals surface area contributed by atoms with Crippen LogP contribution in [0.25, 0.3) is 11.8 Å². The van der Waals surface area contributed by atoms with Crippen molar-refractivity contribution in [2.45, 2.75) is 92.0 Å². The van der Waals surface area contributed by atoms with Gasteiger partial charge in [0, 0.05) is 23.7 Å². The van der Waals surface area contributed by atoms with E-state index in [1.807, 2.05) is 36.0 Å². The van der Waals surface area contributed by atoms with Gasteiger partial charge in [0.25, 0.3) is 0 Å². The Labute approximate surface area is 255 Å². The summed E-state index contributed by atoms with van der Waals surface area (Å²) in [6.07, 6.45) is 8.66. The molecule has 2 saturated carbocycles. The fourth-order valence-corrected chi connectivity index (χ4v) is 9.57. The number of aliphatic hydroxyl groups is 1. The largest absolute Gasteiger partial charge is 0.458 e. The van der Waals surface area contributed by atoms with E-state index in [1.54, 1.807) is 0 Å². The average Bonchev–Trinajstić information content (AvgIpc) is 3.41. The second-order valence-corrected chi connectivity index (χ2v) is 15.0. The number of fused-ring (bicyclic) bond motifs is 6. The van der Waals surface area contributed by atoms with Crippen LogP contribution in [0.2, 0.25) is 0 Å². The monoisotopic (exact) mass is 586 g/mol. The SMILES string of the molecule is CC(=O)OCC(=O)C1(O)C(C)CC2C3C=C(C)C4=Cc5c(cnn5-c5ccccc5)CC4(C)C3C(OC(C)(C)C)CC21C. The van der Waals surface area contributed by atoms with Crippen LogP contribution in [0, 0.1) is 34.5 Å². The zero-order valence-corrected chi connectivity index (χ0v) is 26.8. The molecule has 0 radical (unpaired) electrons. The Balaban J connectivity index is 1.47. The standard InChI is InChI=1S/C36H46N2O5/c1-21-14-26-28-15-22(2)36(41,31(40)20-42-23(3)39)35(28,8)18-30(43-33(4,5)6)32(26)34(7)17-24-19-37-38(29(24)16-27(21)34)25-12-10-9-11-13-25/h9-14,16,19,22,26,28,30,32,41H,15,17-18,20H2,1-8H3. The molecule has 1 aromatic heterocycles. The van der Waals surface area contributed by atoms with Crippen molar-refractivity contribution in [1.29, 1.82) is 0 Å². The van der Waals surface area contributed by atoms with E-state index in [9.17, 15) is 14.7 Å². The van der Waals surface area contributed by atoms with Gasteiger partial charge in [-0.15, -0.1) is 0 Å². The second-order valence-electron chi connectivity index (χ2n) is 15.0.